The van der Waals surface area contributed by atoms with Gasteiger partial charge in [0.1, 0.15) is 17.3 Å². The Morgan fingerprint density at radius 3 is 2.83 bits per heavy atom. The number of unbranched alkanes of at least 4 members (excludes halogenated alkanes) is 2. The Balaban J connectivity index is 1.36. The second-order valence-corrected chi connectivity index (χ2v) is 8.78. The zero-order valence-corrected chi connectivity index (χ0v) is 20.6. The second-order valence-electron chi connectivity index (χ2n) is 8.78. The third-order valence-electron chi connectivity index (χ3n) is 6.07. The van der Waals surface area contributed by atoms with Crippen molar-refractivity contribution in [2.45, 2.75) is 58.4 Å². The van der Waals surface area contributed by atoms with E-state index < -0.39 is 0 Å². The third kappa shape index (κ3) is 6.75. The smallest absolute Gasteiger partial charge is 0.305 e. The van der Waals surface area contributed by atoms with Crippen LogP contribution in [0.5, 0.6) is 5.75 Å². The number of nitrogens with zero attached hydrogens (tertiary/aromatic N) is 2. The fourth-order valence-electron chi connectivity index (χ4n) is 4.32. The molecule has 2 aromatic heterocycles. The minimum Gasteiger partial charge on any atom is -0.493 e. The van der Waals surface area contributed by atoms with Gasteiger partial charge >= 0.3 is 5.97 Å². The fourth-order valence-corrected chi connectivity index (χ4v) is 4.32. The van der Waals surface area contributed by atoms with Gasteiger partial charge in [0, 0.05) is 29.7 Å². The summed E-state index contributed by atoms with van der Waals surface area (Å²) in [4.78, 5) is 16.3. The van der Waals surface area contributed by atoms with Gasteiger partial charge in [0.25, 0.3) is 0 Å². The molecule has 0 N–H and O–H groups in total. The van der Waals surface area contributed by atoms with E-state index in [1.807, 2.05) is 44.2 Å². The predicted molar refractivity (Wildman–Crippen MR) is 136 cm³/mol. The number of carbonyl (C=O) groups is 1. The highest BCUT2D eigenvalue weighted by Gasteiger charge is 2.18. The summed E-state index contributed by atoms with van der Waals surface area (Å²) in [6.07, 6.45) is 14.4. The van der Waals surface area contributed by atoms with Crippen molar-refractivity contribution in [1.82, 2.24) is 9.55 Å². The predicted octanol–water partition coefficient (Wildman–Crippen LogP) is 6.46. The molecular weight excluding hydrogens is 440 g/mol. The molecule has 1 aliphatic rings. The number of aromatic nitrogens is 2. The third-order valence-corrected chi connectivity index (χ3v) is 6.07. The van der Waals surface area contributed by atoms with Crippen LogP contribution in [0.1, 0.15) is 67.8 Å². The molecule has 0 bridgehead atoms. The number of hydrogen-bond donors (Lipinski definition) is 0. The number of imidazole rings is 1. The van der Waals surface area contributed by atoms with Gasteiger partial charge in [-0.3, -0.25) is 4.79 Å². The second kappa shape index (κ2) is 12.2. The van der Waals surface area contributed by atoms with Gasteiger partial charge in [0.05, 0.1) is 31.7 Å². The topological polar surface area (TPSA) is 66.5 Å². The summed E-state index contributed by atoms with van der Waals surface area (Å²) in [5, 5.41) is 0. The molecule has 4 rings (SSSR count). The van der Waals surface area contributed by atoms with E-state index in [-0.39, 0.29) is 11.9 Å². The average molecular weight is 475 g/mol. The van der Waals surface area contributed by atoms with Gasteiger partial charge in [0.15, 0.2) is 0 Å². The first-order valence-corrected chi connectivity index (χ1v) is 12.5. The summed E-state index contributed by atoms with van der Waals surface area (Å²) in [6, 6.07) is 12.1. The van der Waals surface area contributed by atoms with Gasteiger partial charge in [-0.1, -0.05) is 36.4 Å². The van der Waals surface area contributed by atoms with E-state index >= 15 is 0 Å². The summed E-state index contributed by atoms with van der Waals surface area (Å²) in [6.45, 7) is 5.60. The number of para-hydroxylation sites is 1. The molecule has 35 heavy (non-hydrogen) atoms. The lowest BCUT2D eigenvalue weighted by atomic mass is 9.94. The van der Waals surface area contributed by atoms with Crippen molar-refractivity contribution >= 4 is 11.5 Å². The minimum absolute atomic E-state index is 0.121. The van der Waals surface area contributed by atoms with Crippen molar-refractivity contribution in [2.24, 2.45) is 0 Å². The van der Waals surface area contributed by atoms with E-state index in [1.165, 1.54) is 0 Å². The van der Waals surface area contributed by atoms with Crippen LogP contribution in [0.15, 0.2) is 71.5 Å². The monoisotopic (exact) mass is 474 g/mol. The first kappa shape index (κ1) is 24.6. The summed E-state index contributed by atoms with van der Waals surface area (Å²) in [5.74, 6) is 2.99. The summed E-state index contributed by atoms with van der Waals surface area (Å²) in [5.41, 5.74) is 3.23. The molecule has 0 aliphatic heterocycles. The van der Waals surface area contributed by atoms with Crippen LogP contribution in [0.4, 0.5) is 0 Å². The SMILES string of the molecule is CCOC(=O)CCCCCOc1ccccc1Cn1cc(C)nc1C1=CCC(c2ccco2)C=C1. The van der Waals surface area contributed by atoms with Crippen LogP contribution in [-0.4, -0.2) is 28.7 Å². The van der Waals surface area contributed by atoms with Crippen LogP contribution in [0.2, 0.25) is 0 Å². The maximum absolute atomic E-state index is 11.5. The van der Waals surface area contributed by atoms with Crippen molar-refractivity contribution in [1.29, 1.82) is 0 Å². The highest BCUT2D eigenvalue weighted by molar-refractivity contribution is 5.71. The quantitative estimate of drug-likeness (QED) is 0.223. The van der Waals surface area contributed by atoms with Crippen LogP contribution in [-0.2, 0) is 16.1 Å². The minimum atomic E-state index is -0.121. The molecule has 184 valence electrons. The number of benzene rings is 1. The molecule has 1 unspecified atom stereocenters. The standard InChI is InChI=1S/C29H34N2O4/c1-3-33-28(32)13-5-4-8-18-34-27-11-7-6-10-25(27)21-31-20-22(2)30-29(31)24-16-14-23(15-17-24)26-12-9-19-35-26/h6-7,9-12,14,16-17,19-20,23H,3-5,8,13,15,18,21H2,1-2H3. The molecule has 0 spiro atoms. The van der Waals surface area contributed by atoms with E-state index in [0.717, 1.165) is 59.8 Å². The van der Waals surface area contributed by atoms with E-state index in [0.29, 0.717) is 26.2 Å². The average Bonchev–Trinajstić information content (AvgIpc) is 3.53. The van der Waals surface area contributed by atoms with Gasteiger partial charge < -0.3 is 18.5 Å². The van der Waals surface area contributed by atoms with Crippen molar-refractivity contribution in [3.8, 4) is 5.75 Å². The molecule has 1 atom stereocenters. The lowest BCUT2D eigenvalue weighted by Gasteiger charge is -2.16. The molecule has 1 aromatic carbocycles. The first-order chi connectivity index (χ1) is 17.1. The van der Waals surface area contributed by atoms with Crippen LogP contribution in [0.25, 0.3) is 5.57 Å². The summed E-state index contributed by atoms with van der Waals surface area (Å²) < 4.78 is 18.9. The number of ether oxygens (including phenoxy) is 2. The van der Waals surface area contributed by atoms with E-state index in [1.54, 1.807) is 6.26 Å². The van der Waals surface area contributed by atoms with Crippen molar-refractivity contribution < 1.29 is 18.7 Å². The maximum Gasteiger partial charge on any atom is 0.305 e. The summed E-state index contributed by atoms with van der Waals surface area (Å²) in [7, 11) is 0. The molecule has 6 nitrogen and oxygen atoms in total. The molecule has 0 radical (unpaired) electrons. The Morgan fingerprint density at radius 2 is 2.06 bits per heavy atom. The van der Waals surface area contributed by atoms with Crippen molar-refractivity contribution in [2.75, 3.05) is 13.2 Å². The zero-order chi connectivity index (χ0) is 24.5. The van der Waals surface area contributed by atoms with Gasteiger partial charge in [-0.2, -0.15) is 0 Å². The maximum atomic E-state index is 11.5. The molecule has 0 saturated heterocycles. The Morgan fingerprint density at radius 1 is 1.17 bits per heavy atom. The lowest BCUT2D eigenvalue weighted by Crippen LogP contribution is -2.08. The van der Waals surface area contributed by atoms with Gasteiger partial charge in [-0.25, -0.2) is 4.98 Å². The van der Waals surface area contributed by atoms with Gasteiger partial charge in [-0.15, -0.1) is 0 Å². The molecular formula is C29H34N2O4. The Hall–Kier alpha value is -3.54. The molecule has 2 heterocycles. The number of rotatable bonds is 12. The zero-order valence-electron chi connectivity index (χ0n) is 20.6. The van der Waals surface area contributed by atoms with E-state index in [9.17, 15) is 4.79 Å². The van der Waals surface area contributed by atoms with Crippen LogP contribution in [0.3, 0.4) is 0 Å². The van der Waals surface area contributed by atoms with Gasteiger partial charge in [0.2, 0.25) is 0 Å². The number of carbonyl (C=O) groups excluding carboxylic acids is 1. The van der Waals surface area contributed by atoms with Crippen LogP contribution < -0.4 is 4.74 Å². The lowest BCUT2D eigenvalue weighted by molar-refractivity contribution is -0.143. The Labute approximate surface area is 207 Å². The first-order valence-electron chi connectivity index (χ1n) is 12.5. The highest BCUT2D eigenvalue weighted by atomic mass is 16.5. The molecule has 0 amide bonds. The fraction of sp³-hybridized carbons (Fsp3) is 0.379. The largest absolute Gasteiger partial charge is 0.493 e. The van der Waals surface area contributed by atoms with E-state index in [2.05, 4.69) is 35.1 Å². The van der Waals surface area contributed by atoms with Crippen molar-refractivity contribution in [3.05, 3.63) is 89.9 Å². The molecule has 1 aliphatic carbocycles. The Kier molecular flexibility index (Phi) is 8.60. The van der Waals surface area contributed by atoms with Crippen LogP contribution in [0, 0.1) is 6.92 Å². The molecule has 0 fully saturated rings. The summed E-state index contributed by atoms with van der Waals surface area (Å²) >= 11 is 0. The number of furan rings is 1. The normalized spacial score (nSPS) is 15.1. The Bertz CT molecular complexity index is 1160. The number of hydrogen-bond acceptors (Lipinski definition) is 5. The molecule has 6 heteroatoms. The van der Waals surface area contributed by atoms with Crippen LogP contribution >= 0.6 is 0 Å². The number of aryl methyl sites for hydroxylation is 1. The van der Waals surface area contributed by atoms with E-state index in [4.69, 9.17) is 18.9 Å². The number of allylic oxidation sites excluding steroid dienone is 4. The molecule has 0 saturated carbocycles. The molecule has 3 aromatic rings. The van der Waals surface area contributed by atoms with Crippen molar-refractivity contribution in [3.63, 3.8) is 0 Å². The number of esters is 1. The highest BCUT2D eigenvalue weighted by Crippen LogP contribution is 2.31. The van der Waals surface area contributed by atoms with Gasteiger partial charge in [-0.05, 0) is 57.7 Å².